The molecule has 0 aliphatic carbocycles. The molecule has 1 aliphatic rings. The van der Waals surface area contributed by atoms with Gasteiger partial charge in [0.15, 0.2) is 5.41 Å². The predicted molar refractivity (Wildman–Crippen MR) is 59.7 cm³/mol. The highest BCUT2D eigenvalue weighted by molar-refractivity contribution is 5.76. The molecule has 0 amide bonds. The van der Waals surface area contributed by atoms with Crippen LogP contribution >= 0.6 is 0 Å². The summed E-state index contributed by atoms with van der Waals surface area (Å²) < 4.78 is 44.2. The second-order valence-electron chi connectivity index (χ2n) is 4.79. The smallest absolute Gasteiger partial charge is 0.406 e. The SMILES string of the molecule is CCc1nnc(CN2CCC(C(=O)O)(C(F)(F)F)C2)o1. The number of carbonyl (C=O) groups is 1. The molecule has 1 atom stereocenters. The van der Waals surface area contributed by atoms with Crippen molar-refractivity contribution >= 4 is 5.97 Å². The molecule has 1 aromatic rings. The molecule has 20 heavy (non-hydrogen) atoms. The van der Waals surface area contributed by atoms with Gasteiger partial charge in [0.05, 0.1) is 6.54 Å². The number of likely N-dealkylation sites (tertiary alicyclic amines) is 1. The molecule has 112 valence electrons. The van der Waals surface area contributed by atoms with Crippen LogP contribution in [0, 0.1) is 5.41 Å². The van der Waals surface area contributed by atoms with Crippen LogP contribution in [0.5, 0.6) is 0 Å². The van der Waals surface area contributed by atoms with E-state index in [1.807, 2.05) is 6.92 Å². The standard InChI is InChI=1S/C11H14F3N3O3/c1-2-7-15-16-8(20-7)5-17-4-3-10(6-17,9(18)19)11(12,13)14/h2-6H2,1H3,(H,18,19). The Labute approximate surface area is 112 Å². The largest absolute Gasteiger partial charge is 0.481 e. The van der Waals surface area contributed by atoms with Crippen LogP contribution in [0.3, 0.4) is 0 Å². The Morgan fingerprint density at radius 1 is 1.45 bits per heavy atom. The minimum absolute atomic E-state index is 0.0235. The number of alkyl halides is 3. The van der Waals surface area contributed by atoms with Gasteiger partial charge in [-0.15, -0.1) is 10.2 Å². The molecule has 1 aliphatic heterocycles. The summed E-state index contributed by atoms with van der Waals surface area (Å²) in [7, 11) is 0. The van der Waals surface area contributed by atoms with Crippen molar-refractivity contribution in [3.63, 3.8) is 0 Å². The van der Waals surface area contributed by atoms with E-state index in [2.05, 4.69) is 10.2 Å². The summed E-state index contributed by atoms with van der Waals surface area (Å²) in [5, 5.41) is 16.4. The highest BCUT2D eigenvalue weighted by Crippen LogP contribution is 2.45. The fourth-order valence-corrected chi connectivity index (χ4v) is 2.24. The molecular formula is C11H14F3N3O3. The Hall–Kier alpha value is -1.64. The monoisotopic (exact) mass is 293 g/mol. The maximum atomic E-state index is 13.0. The van der Waals surface area contributed by atoms with Crippen molar-refractivity contribution in [2.75, 3.05) is 13.1 Å². The van der Waals surface area contributed by atoms with E-state index in [-0.39, 0.29) is 19.0 Å². The van der Waals surface area contributed by atoms with Crippen molar-refractivity contribution in [1.82, 2.24) is 15.1 Å². The molecule has 0 aromatic carbocycles. The summed E-state index contributed by atoms with van der Waals surface area (Å²) in [5.74, 6) is -1.24. The molecule has 2 rings (SSSR count). The second kappa shape index (κ2) is 5.04. The second-order valence-corrected chi connectivity index (χ2v) is 4.79. The number of aliphatic carboxylic acids is 1. The van der Waals surface area contributed by atoms with E-state index in [9.17, 15) is 18.0 Å². The maximum absolute atomic E-state index is 13.0. The fourth-order valence-electron chi connectivity index (χ4n) is 2.24. The van der Waals surface area contributed by atoms with Gasteiger partial charge in [-0.3, -0.25) is 9.69 Å². The van der Waals surface area contributed by atoms with Gasteiger partial charge in [0.1, 0.15) is 0 Å². The summed E-state index contributed by atoms with van der Waals surface area (Å²) in [5.41, 5.74) is -2.71. The topological polar surface area (TPSA) is 79.5 Å². The van der Waals surface area contributed by atoms with Crippen LogP contribution in [0.25, 0.3) is 0 Å². The van der Waals surface area contributed by atoms with Crippen molar-refractivity contribution in [2.24, 2.45) is 5.41 Å². The Kier molecular flexibility index (Phi) is 3.72. The number of carboxylic acid groups (broad SMARTS) is 1. The minimum Gasteiger partial charge on any atom is -0.481 e. The van der Waals surface area contributed by atoms with Crippen molar-refractivity contribution in [3.05, 3.63) is 11.8 Å². The zero-order valence-electron chi connectivity index (χ0n) is 10.8. The van der Waals surface area contributed by atoms with Crippen molar-refractivity contribution < 1.29 is 27.5 Å². The predicted octanol–water partition coefficient (Wildman–Crippen LogP) is 1.47. The van der Waals surface area contributed by atoms with Crippen LogP contribution in [-0.4, -0.2) is 45.4 Å². The number of halogens is 3. The lowest BCUT2D eigenvalue weighted by atomic mass is 9.86. The Bertz CT molecular complexity index is 503. The quantitative estimate of drug-likeness (QED) is 0.905. The zero-order valence-corrected chi connectivity index (χ0v) is 10.8. The van der Waals surface area contributed by atoms with E-state index in [4.69, 9.17) is 9.52 Å². The lowest BCUT2D eigenvalue weighted by Crippen LogP contribution is -2.47. The first-order valence-electron chi connectivity index (χ1n) is 6.12. The van der Waals surface area contributed by atoms with E-state index in [1.165, 1.54) is 4.90 Å². The van der Waals surface area contributed by atoms with Gasteiger partial charge in [0, 0.05) is 19.5 Å². The fraction of sp³-hybridized carbons (Fsp3) is 0.727. The molecule has 6 nitrogen and oxygen atoms in total. The summed E-state index contributed by atoms with van der Waals surface area (Å²) in [4.78, 5) is 12.4. The van der Waals surface area contributed by atoms with Gasteiger partial charge < -0.3 is 9.52 Å². The minimum atomic E-state index is -4.78. The van der Waals surface area contributed by atoms with E-state index in [1.54, 1.807) is 0 Å². The number of rotatable bonds is 4. The number of carboxylic acids is 1. The average Bonchev–Trinajstić information content (AvgIpc) is 2.95. The van der Waals surface area contributed by atoms with E-state index >= 15 is 0 Å². The Morgan fingerprint density at radius 2 is 2.10 bits per heavy atom. The molecule has 9 heteroatoms. The lowest BCUT2D eigenvalue weighted by Gasteiger charge is -2.27. The van der Waals surface area contributed by atoms with Crippen LogP contribution in [0.1, 0.15) is 25.1 Å². The molecular weight excluding hydrogens is 279 g/mol. The van der Waals surface area contributed by atoms with Gasteiger partial charge >= 0.3 is 12.1 Å². The van der Waals surface area contributed by atoms with E-state index < -0.39 is 30.5 Å². The first kappa shape index (κ1) is 14.8. The van der Waals surface area contributed by atoms with Gasteiger partial charge in [0.25, 0.3) is 0 Å². The van der Waals surface area contributed by atoms with Crippen molar-refractivity contribution in [2.45, 2.75) is 32.5 Å². The van der Waals surface area contributed by atoms with Crippen LogP contribution in [0.2, 0.25) is 0 Å². The van der Waals surface area contributed by atoms with Crippen LogP contribution in [0.15, 0.2) is 4.42 Å². The molecule has 0 radical (unpaired) electrons. The lowest BCUT2D eigenvalue weighted by molar-refractivity contribution is -0.227. The summed E-state index contributed by atoms with van der Waals surface area (Å²) >= 11 is 0. The van der Waals surface area contributed by atoms with Crippen LogP contribution in [0.4, 0.5) is 13.2 Å². The van der Waals surface area contributed by atoms with Gasteiger partial charge in [-0.25, -0.2) is 0 Å². The normalized spacial score (nSPS) is 24.2. The van der Waals surface area contributed by atoms with Crippen LogP contribution in [-0.2, 0) is 17.8 Å². The molecule has 0 spiro atoms. The van der Waals surface area contributed by atoms with Gasteiger partial charge in [0.2, 0.25) is 11.8 Å². The molecule has 1 saturated heterocycles. The third kappa shape index (κ3) is 2.49. The average molecular weight is 293 g/mol. The van der Waals surface area contributed by atoms with Gasteiger partial charge in [-0.05, 0) is 6.42 Å². The third-order valence-corrected chi connectivity index (χ3v) is 3.47. The first-order valence-corrected chi connectivity index (χ1v) is 6.12. The van der Waals surface area contributed by atoms with Crippen LogP contribution < -0.4 is 0 Å². The number of nitrogens with zero attached hydrogens (tertiary/aromatic N) is 3. The molecule has 1 N–H and O–H groups in total. The van der Waals surface area contributed by atoms with Gasteiger partial charge in [-0.2, -0.15) is 13.2 Å². The molecule has 0 bridgehead atoms. The van der Waals surface area contributed by atoms with Gasteiger partial charge in [-0.1, -0.05) is 6.92 Å². The van der Waals surface area contributed by atoms with Crippen molar-refractivity contribution in [3.8, 4) is 0 Å². The molecule has 1 fully saturated rings. The number of hydrogen-bond donors (Lipinski definition) is 1. The van der Waals surface area contributed by atoms with E-state index in [0.717, 1.165) is 0 Å². The third-order valence-electron chi connectivity index (χ3n) is 3.47. The first-order chi connectivity index (χ1) is 9.28. The molecule has 0 saturated carbocycles. The summed E-state index contributed by atoms with van der Waals surface area (Å²) in [6.07, 6.45) is -4.72. The Morgan fingerprint density at radius 3 is 2.55 bits per heavy atom. The Balaban J connectivity index is 2.09. The highest BCUT2D eigenvalue weighted by Gasteiger charge is 2.63. The molecule has 1 unspecified atom stereocenters. The van der Waals surface area contributed by atoms with E-state index in [0.29, 0.717) is 12.3 Å². The molecule has 2 heterocycles. The molecule has 1 aromatic heterocycles. The summed E-state index contributed by atoms with van der Waals surface area (Å²) in [6, 6.07) is 0. The summed E-state index contributed by atoms with van der Waals surface area (Å²) in [6.45, 7) is 1.26. The maximum Gasteiger partial charge on any atom is 0.406 e. The zero-order chi connectivity index (χ0) is 15.0. The number of aryl methyl sites for hydroxylation is 1. The number of hydrogen-bond acceptors (Lipinski definition) is 5. The highest BCUT2D eigenvalue weighted by atomic mass is 19.4. The van der Waals surface area contributed by atoms with Crippen molar-refractivity contribution in [1.29, 1.82) is 0 Å². The number of aromatic nitrogens is 2.